The highest BCUT2D eigenvalue weighted by Crippen LogP contribution is 2.17. The molecule has 2 rings (SSSR count). The van der Waals surface area contributed by atoms with Crippen LogP contribution < -0.4 is 10.6 Å². The number of benzene rings is 1. The average molecular weight is 340 g/mol. The summed E-state index contributed by atoms with van der Waals surface area (Å²) < 4.78 is 38.9. The summed E-state index contributed by atoms with van der Waals surface area (Å²) in [6.45, 7) is -0.0900. The molecule has 0 aliphatic carbocycles. The summed E-state index contributed by atoms with van der Waals surface area (Å²) in [5.41, 5.74) is 5.61. The number of nitrogens with zero attached hydrogens (tertiary/aromatic N) is 5. The molecule has 2 N–H and O–H groups in total. The second-order valence-corrected chi connectivity index (χ2v) is 7.06. The first-order valence-corrected chi connectivity index (χ1v) is 8.04. The van der Waals surface area contributed by atoms with Crippen molar-refractivity contribution in [2.24, 2.45) is 0 Å². The van der Waals surface area contributed by atoms with E-state index in [4.69, 9.17) is 5.73 Å². The van der Waals surface area contributed by atoms with Gasteiger partial charge in [0.25, 0.3) is 0 Å². The summed E-state index contributed by atoms with van der Waals surface area (Å²) in [5, 5.41) is 0. The van der Waals surface area contributed by atoms with Gasteiger partial charge in [0.1, 0.15) is 5.82 Å². The van der Waals surface area contributed by atoms with Gasteiger partial charge >= 0.3 is 0 Å². The molecule has 0 unspecified atom stereocenters. The summed E-state index contributed by atoms with van der Waals surface area (Å²) in [6, 6.07) is 4.58. The fraction of sp³-hybridized carbons (Fsp3) is 0.308. The number of hydrogen-bond acceptors (Lipinski definition) is 7. The normalized spacial score (nSPS) is 11.7. The monoisotopic (exact) mass is 340 g/mol. The van der Waals surface area contributed by atoms with Gasteiger partial charge in [-0.15, -0.1) is 0 Å². The van der Waals surface area contributed by atoms with Crippen molar-refractivity contribution in [1.82, 2.24) is 19.3 Å². The number of anilines is 2. The van der Waals surface area contributed by atoms with Gasteiger partial charge in [-0.3, -0.25) is 0 Å². The van der Waals surface area contributed by atoms with Crippen molar-refractivity contribution in [3.63, 3.8) is 0 Å². The van der Waals surface area contributed by atoms with Gasteiger partial charge in [0, 0.05) is 21.1 Å². The molecule has 0 aliphatic rings. The number of nitrogen functional groups attached to an aromatic ring is 1. The minimum atomic E-state index is -3.79. The molecule has 0 fully saturated rings. The lowest BCUT2D eigenvalue weighted by atomic mass is 10.4. The first kappa shape index (κ1) is 17.0. The van der Waals surface area contributed by atoms with Crippen LogP contribution in [0.4, 0.5) is 16.3 Å². The van der Waals surface area contributed by atoms with E-state index in [2.05, 4.69) is 15.0 Å². The zero-order valence-corrected chi connectivity index (χ0v) is 13.7. The Morgan fingerprint density at radius 3 is 2.26 bits per heavy atom. The molecule has 0 atom stereocenters. The van der Waals surface area contributed by atoms with Crippen molar-refractivity contribution < 1.29 is 12.8 Å². The van der Waals surface area contributed by atoms with Crippen molar-refractivity contribution >= 4 is 21.9 Å². The van der Waals surface area contributed by atoms with E-state index in [9.17, 15) is 12.8 Å². The second-order valence-electron chi connectivity index (χ2n) is 5.02. The highest BCUT2D eigenvalue weighted by atomic mass is 32.2. The van der Waals surface area contributed by atoms with Crippen LogP contribution in [-0.4, -0.2) is 48.8 Å². The third kappa shape index (κ3) is 3.90. The molecule has 124 valence electrons. The Labute approximate surface area is 133 Å². The van der Waals surface area contributed by atoms with Crippen molar-refractivity contribution in [2.75, 3.05) is 31.8 Å². The predicted molar refractivity (Wildman–Crippen MR) is 83.6 cm³/mol. The predicted octanol–water partition coefficient (Wildman–Crippen LogP) is 0.480. The molecule has 23 heavy (non-hydrogen) atoms. The van der Waals surface area contributed by atoms with Crippen LogP contribution in [0.25, 0.3) is 0 Å². The van der Waals surface area contributed by atoms with Crippen LogP contribution in [0.2, 0.25) is 0 Å². The molecule has 0 saturated heterocycles. The van der Waals surface area contributed by atoms with Gasteiger partial charge < -0.3 is 10.6 Å². The third-order valence-corrected chi connectivity index (χ3v) is 4.79. The van der Waals surface area contributed by atoms with E-state index in [0.717, 1.165) is 16.4 Å². The maximum Gasteiger partial charge on any atom is 0.243 e. The van der Waals surface area contributed by atoms with Gasteiger partial charge in [0.15, 0.2) is 5.82 Å². The first-order chi connectivity index (χ1) is 10.7. The fourth-order valence-corrected chi connectivity index (χ4v) is 2.89. The molecule has 1 aromatic carbocycles. The van der Waals surface area contributed by atoms with Gasteiger partial charge in [-0.05, 0) is 24.3 Å². The zero-order valence-electron chi connectivity index (χ0n) is 12.9. The van der Waals surface area contributed by atoms with Crippen LogP contribution >= 0.6 is 0 Å². The molecule has 1 aromatic heterocycles. The Kier molecular flexibility index (Phi) is 4.76. The first-order valence-electron chi connectivity index (χ1n) is 6.60. The topological polar surface area (TPSA) is 105 Å². The largest absolute Gasteiger partial charge is 0.368 e. The van der Waals surface area contributed by atoms with E-state index in [0.29, 0.717) is 5.95 Å². The van der Waals surface area contributed by atoms with Crippen molar-refractivity contribution in [1.29, 1.82) is 0 Å². The van der Waals surface area contributed by atoms with Crippen LogP contribution in [0.1, 0.15) is 5.82 Å². The second kappa shape index (κ2) is 6.42. The van der Waals surface area contributed by atoms with E-state index in [1.54, 1.807) is 19.0 Å². The maximum absolute atomic E-state index is 12.9. The van der Waals surface area contributed by atoms with Crippen LogP contribution in [0.3, 0.4) is 0 Å². The number of hydrogen-bond donors (Lipinski definition) is 1. The number of rotatable bonds is 5. The van der Waals surface area contributed by atoms with Crippen molar-refractivity contribution in [2.45, 2.75) is 11.4 Å². The smallest absolute Gasteiger partial charge is 0.243 e. The molecule has 10 heteroatoms. The SMILES string of the molecule is CN(C)c1nc(N)nc(CN(C)S(=O)(=O)c2ccc(F)cc2)n1. The Morgan fingerprint density at radius 1 is 1.09 bits per heavy atom. The highest BCUT2D eigenvalue weighted by molar-refractivity contribution is 7.89. The molecule has 0 aliphatic heterocycles. The Hall–Kier alpha value is -2.33. The molecule has 8 nitrogen and oxygen atoms in total. The summed E-state index contributed by atoms with van der Waals surface area (Å²) >= 11 is 0. The highest BCUT2D eigenvalue weighted by Gasteiger charge is 2.22. The number of sulfonamides is 1. The molecular formula is C13H17FN6O2S. The van der Waals surface area contributed by atoms with E-state index >= 15 is 0 Å². The molecule has 0 amide bonds. The molecule has 1 heterocycles. The van der Waals surface area contributed by atoms with Gasteiger partial charge in [0.05, 0.1) is 11.4 Å². The van der Waals surface area contributed by atoms with Gasteiger partial charge in [-0.25, -0.2) is 12.8 Å². The van der Waals surface area contributed by atoms with Crippen LogP contribution in [0.15, 0.2) is 29.2 Å². The maximum atomic E-state index is 12.9. The van der Waals surface area contributed by atoms with E-state index in [1.165, 1.54) is 19.2 Å². The quantitative estimate of drug-likeness (QED) is 0.844. The summed E-state index contributed by atoms with van der Waals surface area (Å²) in [6.07, 6.45) is 0. The van der Waals surface area contributed by atoms with E-state index in [-0.39, 0.29) is 23.2 Å². The third-order valence-electron chi connectivity index (χ3n) is 2.97. The van der Waals surface area contributed by atoms with Crippen molar-refractivity contribution in [3.05, 3.63) is 35.9 Å². The number of halogens is 1. The van der Waals surface area contributed by atoms with Gasteiger partial charge in [0.2, 0.25) is 21.9 Å². The average Bonchev–Trinajstić information content (AvgIpc) is 2.46. The molecule has 0 radical (unpaired) electrons. The summed E-state index contributed by atoms with van der Waals surface area (Å²) in [5.74, 6) is 0.0493. The molecule has 0 spiro atoms. The van der Waals surface area contributed by atoms with E-state index in [1.807, 2.05) is 0 Å². The molecule has 2 aromatic rings. The van der Waals surface area contributed by atoms with Gasteiger partial charge in [-0.2, -0.15) is 19.3 Å². The van der Waals surface area contributed by atoms with Gasteiger partial charge in [-0.1, -0.05) is 0 Å². The Morgan fingerprint density at radius 2 is 1.70 bits per heavy atom. The van der Waals surface area contributed by atoms with Crippen LogP contribution in [0.5, 0.6) is 0 Å². The van der Waals surface area contributed by atoms with E-state index < -0.39 is 15.8 Å². The fourth-order valence-electron chi connectivity index (χ4n) is 1.77. The Balaban J connectivity index is 2.27. The lowest BCUT2D eigenvalue weighted by Crippen LogP contribution is -2.28. The Bertz CT molecular complexity index is 795. The summed E-state index contributed by atoms with van der Waals surface area (Å²) in [4.78, 5) is 13.7. The zero-order chi connectivity index (χ0) is 17.2. The number of aromatic nitrogens is 3. The standard InChI is InChI=1S/C13H17FN6O2S/c1-19(2)13-17-11(16-12(15)18-13)8-20(3)23(21,22)10-6-4-9(14)5-7-10/h4-7H,8H2,1-3H3,(H2,15,16,17,18). The minimum Gasteiger partial charge on any atom is -0.368 e. The van der Waals surface area contributed by atoms with Crippen molar-refractivity contribution in [3.8, 4) is 0 Å². The molecule has 0 bridgehead atoms. The molecule has 0 saturated carbocycles. The van der Waals surface area contributed by atoms with Crippen LogP contribution in [-0.2, 0) is 16.6 Å². The summed E-state index contributed by atoms with van der Waals surface area (Å²) in [7, 11) is 1.06. The van der Waals surface area contributed by atoms with Crippen LogP contribution in [0, 0.1) is 5.82 Å². The number of nitrogens with two attached hydrogens (primary N) is 1. The minimum absolute atomic E-state index is 0.00581. The lowest BCUT2D eigenvalue weighted by Gasteiger charge is -2.17. The lowest BCUT2D eigenvalue weighted by molar-refractivity contribution is 0.456. The molecular weight excluding hydrogens is 323 g/mol.